The third-order valence-electron chi connectivity index (χ3n) is 17.6. The summed E-state index contributed by atoms with van der Waals surface area (Å²) in [6.07, 6.45) is -26.6. The molecular weight excluding hydrogens is 1400 g/mol. The lowest BCUT2D eigenvalue weighted by atomic mass is 9.86. The van der Waals surface area contributed by atoms with Gasteiger partial charge in [0.15, 0.2) is 5.41 Å². The number of halogens is 25. The highest BCUT2D eigenvalue weighted by atomic mass is 19.4. The Morgan fingerprint density at radius 1 is 0.382 bits per heavy atom. The van der Waals surface area contributed by atoms with Gasteiger partial charge in [-0.05, 0) is 117 Å². The summed E-state index contributed by atoms with van der Waals surface area (Å²) in [7, 11) is 0. The SMILES string of the molecule is CC1CCC(C(F)(F)F)[C@@H]1C.CCC(C)(C(F)(F)F)C(F)(F)F.CCC(C)(C)C.CCC(C)(C)C(F)(F)F.CCC(F)(F)C(C)C.CCCC(C)(C)C.CCCC(C)C.CCCC(C)C(F)(F)F.CCCC(C)C(F)F.[2H]C([2H])(C)C(C)(C)C.[2H]C([2H])(C)CC(C)C(F)(F)F.[2H][C@@]1(C)C(C)CCC1C(F)(F)F. The van der Waals surface area contributed by atoms with Crippen molar-refractivity contribution in [2.45, 2.75) is 406 Å². The lowest BCUT2D eigenvalue weighted by Crippen LogP contribution is -2.47. The summed E-state index contributed by atoms with van der Waals surface area (Å²) < 4.78 is 334. The lowest BCUT2D eigenvalue weighted by Gasteiger charge is -2.32. The summed E-state index contributed by atoms with van der Waals surface area (Å²) in [5.74, 6) is -9.09. The molecule has 7 unspecified atom stereocenters. The molecule has 25 heteroatoms. The molecular formula is C77H149F25. The van der Waals surface area contributed by atoms with E-state index in [1.165, 1.54) is 87.5 Å². The van der Waals surface area contributed by atoms with E-state index in [4.69, 9.17) is 6.85 Å². The van der Waals surface area contributed by atoms with Crippen molar-refractivity contribution in [1.29, 1.82) is 0 Å². The van der Waals surface area contributed by atoms with Gasteiger partial charge in [0.2, 0.25) is 12.3 Å². The van der Waals surface area contributed by atoms with Gasteiger partial charge >= 0.3 is 43.2 Å². The zero-order chi connectivity index (χ0) is 89.4. The summed E-state index contributed by atoms with van der Waals surface area (Å²) in [6, 6.07) is 0. The number of hydrogen-bond donors (Lipinski definition) is 0. The molecule has 0 bridgehead atoms. The van der Waals surface area contributed by atoms with E-state index in [0.29, 0.717) is 36.5 Å². The third-order valence-corrected chi connectivity index (χ3v) is 17.6. The molecule has 0 saturated heterocycles. The van der Waals surface area contributed by atoms with Gasteiger partial charge < -0.3 is 0 Å². The van der Waals surface area contributed by atoms with Crippen LogP contribution in [0.3, 0.4) is 0 Å². The second kappa shape index (κ2) is 55.6. The molecule has 2 rings (SSSR count). The highest BCUT2D eigenvalue weighted by Gasteiger charge is 2.66. The van der Waals surface area contributed by atoms with Crippen molar-refractivity contribution in [2.24, 2.45) is 92.1 Å². The Morgan fingerprint density at radius 2 is 0.716 bits per heavy atom. The molecule has 0 N–H and O–H groups in total. The van der Waals surface area contributed by atoms with E-state index in [1.54, 1.807) is 34.6 Å². The molecule has 0 radical (unpaired) electrons. The summed E-state index contributed by atoms with van der Waals surface area (Å²) in [6.45, 7) is 56.8. The van der Waals surface area contributed by atoms with E-state index in [0.717, 1.165) is 39.5 Å². The zero-order valence-electron chi connectivity index (χ0n) is 73.8. The quantitative estimate of drug-likeness (QED) is 0.152. The Labute approximate surface area is 613 Å². The number of rotatable bonds is 14. The molecule has 2 aliphatic carbocycles. The fraction of sp³-hybridized carbons (Fsp3) is 1.00. The van der Waals surface area contributed by atoms with Gasteiger partial charge in [-0.25, -0.2) is 17.6 Å². The van der Waals surface area contributed by atoms with Gasteiger partial charge in [-0.3, -0.25) is 0 Å². The highest BCUT2D eigenvalue weighted by Crippen LogP contribution is 2.52. The molecule has 0 amide bonds. The highest BCUT2D eigenvalue weighted by molar-refractivity contribution is 4.88. The molecule has 0 aromatic rings. The first kappa shape index (κ1) is 109. The predicted octanol–water partition coefficient (Wildman–Crippen LogP) is 34.5. The van der Waals surface area contributed by atoms with E-state index in [-0.39, 0.29) is 55.8 Å². The van der Waals surface area contributed by atoms with E-state index in [2.05, 4.69) is 76.2 Å². The molecule has 2 fully saturated rings. The minimum atomic E-state index is -5.24. The van der Waals surface area contributed by atoms with Crippen LogP contribution in [0.15, 0.2) is 0 Å². The summed E-state index contributed by atoms with van der Waals surface area (Å²) in [5.41, 5.74) is -4.24. The minimum Gasteiger partial charge on any atom is -0.210 e. The second-order valence-electron chi connectivity index (χ2n) is 31.8. The Balaban J connectivity index is -0.000000121. The van der Waals surface area contributed by atoms with Gasteiger partial charge in [-0.1, -0.05) is 273 Å². The summed E-state index contributed by atoms with van der Waals surface area (Å²) in [5, 5.41) is 0. The third kappa shape index (κ3) is 68.8. The maximum atomic E-state index is 12.3. The van der Waals surface area contributed by atoms with Crippen LogP contribution in [-0.2, 0) is 0 Å². The Hall–Kier alpha value is -1.75. The van der Waals surface area contributed by atoms with E-state index in [9.17, 15) is 110 Å². The van der Waals surface area contributed by atoms with Gasteiger partial charge in [0.05, 0.1) is 29.1 Å². The molecule has 0 nitrogen and oxygen atoms in total. The van der Waals surface area contributed by atoms with Crippen molar-refractivity contribution in [3.63, 3.8) is 0 Å². The first-order valence-electron chi connectivity index (χ1n) is 38.6. The summed E-state index contributed by atoms with van der Waals surface area (Å²) in [4.78, 5) is 0. The molecule has 0 aliphatic heterocycles. The lowest BCUT2D eigenvalue weighted by molar-refractivity contribution is -0.335. The topological polar surface area (TPSA) is 0 Å². The van der Waals surface area contributed by atoms with Gasteiger partial charge in [0, 0.05) is 25.1 Å². The predicted molar refractivity (Wildman–Crippen MR) is 379 cm³/mol. The standard InChI is InChI=1S/2C8H13F3.C7H16.C6H8F6.3C6H11F3.2C6H12F2.3C6H14/c2*1-5-3-4-7(6(5)2)8(9,10)11;1-5-6-7(2,3)4;1-3-4(2,5(7,8)9)6(10,11)12;1-4-5(2,3)6(7,8)9;2*1-3-4-5(2)6(7,8)9;1-4-6(7,8)5(2)3;1-3-4-5(2)6(7)8;2*1-5-6(2,3)4;1-4-5-6(2)3/h2*5-7H,3-4H2,1-2H3;5-6H2,1-4H3;3H2,1-2H3;4H2,1-3H3;2*5H,3-4H2,1-2H3;5H,4H2,1-3H3;5-6H,3-4H2,1-2H3;2*5H2,1-4H3;6H,4-5H2,1-3H3/t2*5?,6-,7?;;;;;;;;;;/m11........../s1/i6D;;;;;3D2;;;;5D2;;. The average Bonchev–Trinajstić information content (AvgIpc) is 1.69. The van der Waals surface area contributed by atoms with Crippen LogP contribution in [0.5, 0.6) is 0 Å². The largest absolute Gasteiger partial charge is 0.402 e. The van der Waals surface area contributed by atoms with Gasteiger partial charge in [0.25, 0.3) is 0 Å². The molecule has 2 saturated carbocycles. The molecule has 632 valence electrons. The molecule has 9 atom stereocenters. The van der Waals surface area contributed by atoms with Crippen LogP contribution in [0.1, 0.15) is 357 Å². The Kier molecular flexibility index (Phi) is 59.3. The Morgan fingerprint density at radius 3 is 0.784 bits per heavy atom. The van der Waals surface area contributed by atoms with Crippen LogP contribution in [-0.4, -0.2) is 55.6 Å². The maximum Gasteiger partial charge on any atom is 0.402 e. The summed E-state index contributed by atoms with van der Waals surface area (Å²) >= 11 is 0. The second-order valence-corrected chi connectivity index (χ2v) is 31.8. The maximum absolute atomic E-state index is 12.3. The van der Waals surface area contributed by atoms with E-state index in [1.807, 2.05) is 34.6 Å². The van der Waals surface area contributed by atoms with Crippen LogP contribution >= 0.6 is 0 Å². The van der Waals surface area contributed by atoms with Gasteiger partial charge in [0.1, 0.15) is 0 Å². The molecule has 0 aromatic heterocycles. The van der Waals surface area contributed by atoms with Crippen LogP contribution in [0.25, 0.3) is 0 Å². The van der Waals surface area contributed by atoms with Crippen molar-refractivity contribution < 1.29 is 117 Å². The number of hydrogen-bond acceptors (Lipinski definition) is 0. The van der Waals surface area contributed by atoms with Crippen LogP contribution in [0.2, 0.25) is 0 Å². The first-order chi connectivity index (χ1) is 46.5. The fourth-order valence-corrected chi connectivity index (χ4v) is 7.56. The van der Waals surface area contributed by atoms with Crippen molar-refractivity contribution in [1.82, 2.24) is 0 Å². The molecule has 0 aromatic carbocycles. The van der Waals surface area contributed by atoms with Crippen molar-refractivity contribution in [2.75, 3.05) is 0 Å². The van der Waals surface area contributed by atoms with E-state index >= 15 is 0 Å². The minimum absolute atomic E-state index is 0.0509. The zero-order valence-corrected chi connectivity index (χ0v) is 68.8. The average molecular weight is 1560 g/mol. The fourth-order valence-electron chi connectivity index (χ4n) is 7.56. The van der Waals surface area contributed by atoms with Crippen molar-refractivity contribution in [3.8, 4) is 0 Å². The molecule has 102 heavy (non-hydrogen) atoms. The van der Waals surface area contributed by atoms with Crippen molar-refractivity contribution in [3.05, 3.63) is 0 Å². The molecule has 2 aliphatic rings. The smallest absolute Gasteiger partial charge is 0.210 e. The molecule has 0 heterocycles. The van der Waals surface area contributed by atoms with Gasteiger partial charge in [-0.15, -0.1) is 0 Å². The van der Waals surface area contributed by atoms with Crippen LogP contribution < -0.4 is 0 Å². The Bertz CT molecular complexity index is 2050. The normalized spacial score (nSPS) is 21.0. The van der Waals surface area contributed by atoms with E-state index < -0.39 is 133 Å². The van der Waals surface area contributed by atoms with Crippen LogP contribution in [0.4, 0.5) is 110 Å². The monoisotopic (exact) mass is 1550 g/mol. The molecule has 0 spiro atoms. The van der Waals surface area contributed by atoms with Crippen molar-refractivity contribution >= 4 is 0 Å². The first-order valence-corrected chi connectivity index (χ1v) is 36.1. The number of alkyl halides is 25. The van der Waals surface area contributed by atoms with Gasteiger partial charge in [-0.2, -0.15) is 92.2 Å². The van der Waals surface area contributed by atoms with Crippen LogP contribution in [0, 0.1) is 92.1 Å².